The van der Waals surface area contributed by atoms with Crippen LogP contribution in [0.2, 0.25) is 0 Å². The Hall–Kier alpha value is -4.21. The monoisotopic (exact) mass is 381 g/mol. The largest absolute Gasteiger partial charge is 0.482 e. The number of carboxylic acids is 1. The number of rotatable bonds is 8. The fourth-order valence-corrected chi connectivity index (χ4v) is 2.23. The predicted molar refractivity (Wildman–Crippen MR) is 101 cm³/mol. The average Bonchev–Trinajstić information content (AvgIpc) is 2.68. The fourth-order valence-electron chi connectivity index (χ4n) is 2.23. The summed E-state index contributed by atoms with van der Waals surface area (Å²) in [5.74, 6) is -0.470. The van der Waals surface area contributed by atoms with Gasteiger partial charge in [-0.25, -0.2) is 9.78 Å². The van der Waals surface area contributed by atoms with Crippen molar-refractivity contribution >= 4 is 34.8 Å². The van der Waals surface area contributed by atoms with E-state index < -0.39 is 17.5 Å². The van der Waals surface area contributed by atoms with Crippen molar-refractivity contribution in [2.75, 3.05) is 17.2 Å². The molecule has 0 radical (unpaired) electrons. The molecule has 3 aromatic rings. The smallest absolute Gasteiger partial charge is 0.341 e. The van der Waals surface area contributed by atoms with E-state index in [1.807, 2.05) is 6.07 Å². The van der Waals surface area contributed by atoms with Gasteiger partial charge in [0.2, 0.25) is 11.8 Å². The molecule has 0 unspecified atom stereocenters. The zero-order valence-electron chi connectivity index (χ0n) is 14.4. The van der Waals surface area contributed by atoms with Crippen molar-refractivity contribution in [1.82, 2.24) is 9.97 Å². The molecule has 1 aromatic heterocycles. The molecule has 3 N–H and O–H groups in total. The highest BCUT2D eigenvalue weighted by molar-refractivity contribution is 5.69. The summed E-state index contributed by atoms with van der Waals surface area (Å²) in [4.78, 5) is 29.3. The van der Waals surface area contributed by atoms with Crippen molar-refractivity contribution in [1.29, 1.82) is 0 Å². The Morgan fingerprint density at radius 2 is 1.75 bits per heavy atom. The van der Waals surface area contributed by atoms with Crippen molar-refractivity contribution in [2.45, 2.75) is 0 Å². The number of nitrogens with zero attached hydrogens (tertiary/aromatic N) is 3. The van der Waals surface area contributed by atoms with Crippen LogP contribution in [0.25, 0.3) is 0 Å². The molecule has 3 rings (SSSR count). The van der Waals surface area contributed by atoms with Gasteiger partial charge < -0.3 is 20.5 Å². The Morgan fingerprint density at radius 3 is 2.39 bits per heavy atom. The number of hydrogen-bond acceptors (Lipinski definition) is 8. The second kappa shape index (κ2) is 8.45. The summed E-state index contributed by atoms with van der Waals surface area (Å²) in [5, 5.41) is 25.7. The molecule has 0 aliphatic rings. The lowest BCUT2D eigenvalue weighted by molar-refractivity contribution is -0.384. The standard InChI is InChI=1S/C18H15N5O5/c24-16(25)11-28-14-8-6-13(7-9-14)21-18-19-10-15(23(26)27)17(22-18)20-12-4-2-1-3-5-12/h1-10H,11H2,(H,24,25)(H2,19,20,21,22). The van der Waals surface area contributed by atoms with Gasteiger partial charge in [-0.2, -0.15) is 4.98 Å². The topological polar surface area (TPSA) is 140 Å². The summed E-state index contributed by atoms with van der Waals surface area (Å²) in [5.41, 5.74) is 0.990. The minimum atomic E-state index is -1.07. The number of hydrogen-bond donors (Lipinski definition) is 3. The lowest BCUT2D eigenvalue weighted by atomic mass is 10.3. The maximum absolute atomic E-state index is 11.2. The van der Waals surface area contributed by atoms with E-state index in [2.05, 4.69) is 20.6 Å². The Labute approximate surface area is 159 Å². The molecule has 142 valence electrons. The molecule has 0 spiro atoms. The summed E-state index contributed by atoms with van der Waals surface area (Å²) in [6.07, 6.45) is 1.12. The number of carboxylic acid groups (broad SMARTS) is 1. The molecule has 1 heterocycles. The summed E-state index contributed by atoms with van der Waals surface area (Å²) in [6, 6.07) is 15.4. The van der Waals surface area contributed by atoms with Gasteiger partial charge in [0.25, 0.3) is 0 Å². The van der Waals surface area contributed by atoms with E-state index in [0.717, 1.165) is 6.20 Å². The number of aliphatic carboxylic acids is 1. The first-order valence-corrected chi connectivity index (χ1v) is 8.06. The van der Waals surface area contributed by atoms with Gasteiger partial charge in [-0.15, -0.1) is 0 Å². The average molecular weight is 381 g/mol. The molecule has 0 bridgehead atoms. The van der Waals surface area contributed by atoms with Crippen LogP contribution in [-0.2, 0) is 4.79 Å². The maximum atomic E-state index is 11.2. The normalized spacial score (nSPS) is 10.1. The second-order valence-electron chi connectivity index (χ2n) is 5.51. The molecule has 2 aromatic carbocycles. The third kappa shape index (κ3) is 4.91. The van der Waals surface area contributed by atoms with Crippen molar-refractivity contribution in [2.24, 2.45) is 0 Å². The molecular weight excluding hydrogens is 366 g/mol. The lowest BCUT2D eigenvalue weighted by Gasteiger charge is -2.09. The molecule has 0 saturated heterocycles. The third-order valence-electron chi connectivity index (χ3n) is 3.48. The van der Waals surface area contributed by atoms with Gasteiger partial charge >= 0.3 is 11.7 Å². The minimum absolute atomic E-state index is 0.0510. The first kappa shape index (κ1) is 18.6. The van der Waals surface area contributed by atoms with Gasteiger partial charge in [-0.1, -0.05) is 18.2 Å². The zero-order chi connectivity index (χ0) is 19.9. The summed E-state index contributed by atoms with van der Waals surface area (Å²) < 4.78 is 5.06. The molecule has 10 heteroatoms. The Morgan fingerprint density at radius 1 is 1.07 bits per heavy atom. The number of anilines is 4. The minimum Gasteiger partial charge on any atom is -0.482 e. The van der Waals surface area contributed by atoms with Gasteiger partial charge in [0.15, 0.2) is 6.61 Å². The molecule has 28 heavy (non-hydrogen) atoms. The van der Waals surface area contributed by atoms with E-state index in [9.17, 15) is 14.9 Å². The van der Waals surface area contributed by atoms with Crippen LogP contribution in [0.1, 0.15) is 0 Å². The van der Waals surface area contributed by atoms with E-state index >= 15 is 0 Å². The van der Waals surface area contributed by atoms with E-state index in [1.165, 1.54) is 0 Å². The van der Waals surface area contributed by atoms with Crippen LogP contribution in [0.4, 0.5) is 28.8 Å². The van der Waals surface area contributed by atoms with Crippen molar-refractivity contribution in [3.63, 3.8) is 0 Å². The van der Waals surface area contributed by atoms with Crippen LogP contribution in [0.15, 0.2) is 60.8 Å². The van der Waals surface area contributed by atoms with Crippen molar-refractivity contribution in [3.8, 4) is 5.75 Å². The molecule has 10 nitrogen and oxygen atoms in total. The molecule has 0 amide bonds. The second-order valence-corrected chi connectivity index (χ2v) is 5.51. The summed E-state index contributed by atoms with van der Waals surface area (Å²) >= 11 is 0. The molecule has 0 atom stereocenters. The van der Waals surface area contributed by atoms with Crippen molar-refractivity contribution in [3.05, 3.63) is 70.9 Å². The van der Waals surface area contributed by atoms with Gasteiger partial charge in [-0.05, 0) is 36.4 Å². The van der Waals surface area contributed by atoms with Crippen LogP contribution in [0, 0.1) is 10.1 Å². The van der Waals surface area contributed by atoms with E-state index in [0.29, 0.717) is 17.1 Å². The molecule has 0 fully saturated rings. The number of para-hydroxylation sites is 1. The van der Waals surface area contributed by atoms with Crippen LogP contribution >= 0.6 is 0 Å². The van der Waals surface area contributed by atoms with Crippen molar-refractivity contribution < 1.29 is 19.6 Å². The highest BCUT2D eigenvalue weighted by Gasteiger charge is 2.17. The number of nitro groups is 1. The van der Waals surface area contributed by atoms with Gasteiger partial charge in [0.05, 0.1) is 4.92 Å². The Kier molecular flexibility index (Phi) is 5.60. The molecular formula is C18H15N5O5. The predicted octanol–water partition coefficient (Wildman–Crippen LogP) is 3.34. The number of nitrogens with one attached hydrogen (secondary N) is 2. The van der Waals surface area contributed by atoms with Crippen LogP contribution in [0.5, 0.6) is 5.75 Å². The number of aromatic nitrogens is 2. The first-order valence-electron chi connectivity index (χ1n) is 8.06. The maximum Gasteiger partial charge on any atom is 0.341 e. The number of carbonyl (C=O) groups is 1. The number of benzene rings is 2. The van der Waals surface area contributed by atoms with Gasteiger partial charge in [0.1, 0.15) is 11.9 Å². The van der Waals surface area contributed by atoms with Gasteiger partial charge in [-0.3, -0.25) is 10.1 Å². The summed E-state index contributed by atoms with van der Waals surface area (Å²) in [7, 11) is 0. The van der Waals surface area contributed by atoms with E-state index in [4.69, 9.17) is 9.84 Å². The first-order chi connectivity index (χ1) is 13.5. The van der Waals surface area contributed by atoms with Crippen LogP contribution in [0.3, 0.4) is 0 Å². The lowest BCUT2D eigenvalue weighted by Crippen LogP contribution is -2.09. The zero-order valence-corrected chi connectivity index (χ0v) is 14.4. The highest BCUT2D eigenvalue weighted by atomic mass is 16.6. The SMILES string of the molecule is O=C(O)COc1ccc(Nc2ncc([N+](=O)[O-])c(Nc3ccccc3)n2)cc1. The third-order valence-corrected chi connectivity index (χ3v) is 3.48. The molecule has 0 saturated carbocycles. The quantitative estimate of drug-likeness (QED) is 0.396. The van der Waals surface area contributed by atoms with Crippen LogP contribution in [-0.4, -0.2) is 32.6 Å². The Balaban J connectivity index is 1.77. The highest BCUT2D eigenvalue weighted by Crippen LogP contribution is 2.27. The fraction of sp³-hybridized carbons (Fsp3) is 0.0556. The van der Waals surface area contributed by atoms with E-state index in [1.54, 1.807) is 48.5 Å². The Bertz CT molecular complexity index is 979. The molecule has 0 aliphatic carbocycles. The van der Waals surface area contributed by atoms with E-state index in [-0.39, 0.29) is 17.5 Å². The molecule has 0 aliphatic heterocycles. The van der Waals surface area contributed by atoms with Gasteiger partial charge in [0, 0.05) is 11.4 Å². The summed E-state index contributed by atoms with van der Waals surface area (Å²) in [6.45, 7) is -0.438. The number of ether oxygens (including phenoxy) is 1. The van der Waals surface area contributed by atoms with Crippen LogP contribution < -0.4 is 15.4 Å².